The zero-order valence-corrected chi connectivity index (χ0v) is 14.8. The third kappa shape index (κ3) is 4.30. The molecule has 0 bridgehead atoms. The van der Waals surface area contributed by atoms with Gasteiger partial charge in [0.2, 0.25) is 0 Å². The van der Waals surface area contributed by atoms with E-state index < -0.39 is 0 Å². The minimum absolute atomic E-state index is 0.123. The highest BCUT2D eigenvalue weighted by Crippen LogP contribution is 2.21. The number of cyclic esters (lactones) is 1. The van der Waals surface area contributed by atoms with E-state index >= 15 is 0 Å². The van der Waals surface area contributed by atoms with Gasteiger partial charge in [0, 0.05) is 11.3 Å². The van der Waals surface area contributed by atoms with Crippen molar-refractivity contribution in [3.05, 3.63) is 65.7 Å². The molecule has 0 saturated carbocycles. The highest BCUT2D eigenvalue weighted by atomic mass is 16.6. The SMILES string of the molecule is CC(C)Oc1ccc(C=CC(=O)c2cccc(N3CCOC3=O)c2)cc1. The Morgan fingerprint density at radius 1 is 1.19 bits per heavy atom. The number of rotatable bonds is 6. The summed E-state index contributed by atoms with van der Waals surface area (Å²) in [7, 11) is 0. The van der Waals surface area contributed by atoms with E-state index in [4.69, 9.17) is 9.47 Å². The molecule has 1 amide bonds. The fourth-order valence-electron chi connectivity index (χ4n) is 2.65. The van der Waals surface area contributed by atoms with E-state index in [0.29, 0.717) is 24.4 Å². The van der Waals surface area contributed by atoms with E-state index in [-0.39, 0.29) is 18.0 Å². The molecule has 2 aromatic rings. The number of hydrogen-bond acceptors (Lipinski definition) is 4. The maximum Gasteiger partial charge on any atom is 0.414 e. The van der Waals surface area contributed by atoms with E-state index in [1.807, 2.05) is 38.1 Å². The van der Waals surface area contributed by atoms with Crippen molar-refractivity contribution in [2.24, 2.45) is 0 Å². The first kappa shape index (κ1) is 17.7. The van der Waals surface area contributed by atoms with Crippen LogP contribution in [0.15, 0.2) is 54.6 Å². The average molecular weight is 351 g/mol. The van der Waals surface area contributed by atoms with Gasteiger partial charge in [-0.1, -0.05) is 30.3 Å². The standard InChI is InChI=1S/C21H21NO4/c1-15(2)26-19-9-6-16(7-10-19)8-11-20(23)17-4-3-5-18(14-17)22-12-13-25-21(22)24/h3-11,14-15H,12-13H2,1-2H3. The number of carbonyl (C=O) groups is 2. The molecule has 0 radical (unpaired) electrons. The molecular weight excluding hydrogens is 330 g/mol. The lowest BCUT2D eigenvalue weighted by Gasteiger charge is -2.13. The first-order valence-electron chi connectivity index (χ1n) is 8.56. The molecule has 0 unspecified atom stereocenters. The van der Waals surface area contributed by atoms with E-state index in [9.17, 15) is 9.59 Å². The molecule has 0 spiro atoms. The highest BCUT2D eigenvalue weighted by Gasteiger charge is 2.23. The van der Waals surface area contributed by atoms with Crippen LogP contribution in [0.5, 0.6) is 5.75 Å². The van der Waals surface area contributed by atoms with E-state index in [1.165, 1.54) is 11.0 Å². The Hall–Kier alpha value is -3.08. The number of ketones is 1. The molecule has 5 heteroatoms. The molecule has 0 atom stereocenters. The number of carbonyl (C=O) groups excluding carboxylic acids is 2. The minimum atomic E-state index is -0.381. The van der Waals surface area contributed by atoms with Crippen molar-refractivity contribution in [1.82, 2.24) is 0 Å². The zero-order chi connectivity index (χ0) is 18.5. The third-order valence-electron chi connectivity index (χ3n) is 3.88. The summed E-state index contributed by atoms with van der Waals surface area (Å²) in [6.07, 6.45) is 3.03. The Balaban J connectivity index is 1.69. The lowest BCUT2D eigenvalue weighted by molar-refractivity contribution is 0.104. The lowest BCUT2D eigenvalue weighted by Crippen LogP contribution is -2.23. The van der Waals surface area contributed by atoms with Gasteiger partial charge < -0.3 is 9.47 Å². The summed E-state index contributed by atoms with van der Waals surface area (Å²) < 4.78 is 10.5. The Labute approximate surface area is 152 Å². The van der Waals surface area contributed by atoms with Crippen LogP contribution < -0.4 is 9.64 Å². The zero-order valence-electron chi connectivity index (χ0n) is 14.8. The number of nitrogens with zero attached hydrogens (tertiary/aromatic N) is 1. The van der Waals surface area contributed by atoms with Crippen LogP contribution in [0, 0.1) is 0 Å². The van der Waals surface area contributed by atoms with Crippen molar-refractivity contribution in [1.29, 1.82) is 0 Å². The van der Waals surface area contributed by atoms with Crippen LogP contribution >= 0.6 is 0 Å². The van der Waals surface area contributed by atoms with Gasteiger partial charge in [0.15, 0.2) is 5.78 Å². The largest absolute Gasteiger partial charge is 0.491 e. The third-order valence-corrected chi connectivity index (χ3v) is 3.88. The van der Waals surface area contributed by atoms with Gasteiger partial charge in [-0.2, -0.15) is 0 Å². The minimum Gasteiger partial charge on any atom is -0.491 e. The van der Waals surface area contributed by atoms with Gasteiger partial charge in [-0.05, 0) is 49.8 Å². The van der Waals surface area contributed by atoms with Gasteiger partial charge in [-0.25, -0.2) is 4.79 Å². The maximum absolute atomic E-state index is 12.4. The van der Waals surface area contributed by atoms with Crippen molar-refractivity contribution in [2.45, 2.75) is 20.0 Å². The second kappa shape index (κ2) is 7.87. The number of amides is 1. The van der Waals surface area contributed by atoms with Crippen LogP contribution in [0.25, 0.3) is 6.08 Å². The van der Waals surface area contributed by atoms with Crippen molar-refractivity contribution >= 4 is 23.6 Å². The Kier molecular flexibility index (Phi) is 5.37. The van der Waals surface area contributed by atoms with Crippen molar-refractivity contribution in [3.8, 4) is 5.75 Å². The van der Waals surface area contributed by atoms with Crippen LogP contribution in [0.4, 0.5) is 10.5 Å². The fraction of sp³-hybridized carbons (Fsp3) is 0.238. The summed E-state index contributed by atoms with van der Waals surface area (Å²) >= 11 is 0. The van der Waals surface area contributed by atoms with Crippen LogP contribution in [0.1, 0.15) is 29.8 Å². The monoisotopic (exact) mass is 351 g/mol. The summed E-state index contributed by atoms with van der Waals surface area (Å²) in [6, 6.07) is 14.6. The Bertz CT molecular complexity index is 824. The van der Waals surface area contributed by atoms with Crippen molar-refractivity contribution in [2.75, 3.05) is 18.1 Å². The smallest absolute Gasteiger partial charge is 0.414 e. The van der Waals surface area contributed by atoms with Gasteiger partial charge in [-0.15, -0.1) is 0 Å². The predicted octanol–water partition coefficient (Wildman–Crippen LogP) is 4.33. The summed E-state index contributed by atoms with van der Waals surface area (Å²) in [6.45, 7) is 4.81. The van der Waals surface area contributed by atoms with Gasteiger partial charge in [0.25, 0.3) is 0 Å². The first-order chi connectivity index (χ1) is 12.5. The molecule has 0 aliphatic carbocycles. The molecule has 1 aliphatic heterocycles. The number of ether oxygens (including phenoxy) is 2. The van der Waals surface area contributed by atoms with Gasteiger partial charge in [0.1, 0.15) is 12.4 Å². The molecule has 134 valence electrons. The molecule has 5 nitrogen and oxygen atoms in total. The highest BCUT2D eigenvalue weighted by molar-refractivity contribution is 6.07. The van der Waals surface area contributed by atoms with E-state index in [2.05, 4.69) is 0 Å². The van der Waals surface area contributed by atoms with Crippen molar-refractivity contribution in [3.63, 3.8) is 0 Å². The quantitative estimate of drug-likeness (QED) is 0.574. The lowest BCUT2D eigenvalue weighted by atomic mass is 10.1. The molecule has 0 N–H and O–H groups in total. The first-order valence-corrected chi connectivity index (χ1v) is 8.56. The number of benzene rings is 2. The maximum atomic E-state index is 12.4. The second-order valence-corrected chi connectivity index (χ2v) is 6.25. The van der Waals surface area contributed by atoms with Crippen LogP contribution in [0.3, 0.4) is 0 Å². The predicted molar refractivity (Wildman–Crippen MR) is 101 cm³/mol. The van der Waals surface area contributed by atoms with Gasteiger partial charge in [0.05, 0.1) is 12.6 Å². The molecule has 26 heavy (non-hydrogen) atoms. The molecule has 2 aromatic carbocycles. The Morgan fingerprint density at radius 2 is 1.96 bits per heavy atom. The molecule has 1 heterocycles. The second-order valence-electron chi connectivity index (χ2n) is 6.25. The molecule has 1 fully saturated rings. The van der Waals surface area contributed by atoms with Gasteiger partial charge in [-0.3, -0.25) is 9.69 Å². The fourth-order valence-corrected chi connectivity index (χ4v) is 2.65. The average Bonchev–Trinajstić information content (AvgIpc) is 3.06. The number of hydrogen-bond donors (Lipinski definition) is 0. The molecular formula is C21H21NO4. The molecule has 0 aromatic heterocycles. The summed E-state index contributed by atoms with van der Waals surface area (Å²) in [5.74, 6) is 0.676. The summed E-state index contributed by atoms with van der Waals surface area (Å²) in [4.78, 5) is 25.6. The molecule has 1 aliphatic rings. The Morgan fingerprint density at radius 3 is 2.62 bits per heavy atom. The summed E-state index contributed by atoms with van der Waals surface area (Å²) in [5.41, 5.74) is 2.11. The van der Waals surface area contributed by atoms with Crippen LogP contribution in [0.2, 0.25) is 0 Å². The van der Waals surface area contributed by atoms with Crippen LogP contribution in [-0.2, 0) is 4.74 Å². The summed E-state index contributed by atoms with van der Waals surface area (Å²) in [5, 5.41) is 0. The van der Waals surface area contributed by atoms with Crippen molar-refractivity contribution < 1.29 is 19.1 Å². The molecule has 3 rings (SSSR count). The number of allylic oxidation sites excluding steroid dienone is 1. The van der Waals surface area contributed by atoms with E-state index in [1.54, 1.807) is 30.3 Å². The van der Waals surface area contributed by atoms with E-state index in [0.717, 1.165) is 11.3 Å². The number of anilines is 1. The topological polar surface area (TPSA) is 55.8 Å². The normalized spacial score (nSPS) is 14.1. The van der Waals surface area contributed by atoms with Crippen LogP contribution in [-0.4, -0.2) is 31.1 Å². The molecule has 1 saturated heterocycles. The van der Waals surface area contributed by atoms with Gasteiger partial charge >= 0.3 is 6.09 Å².